The lowest BCUT2D eigenvalue weighted by molar-refractivity contribution is -0.132. The van der Waals surface area contributed by atoms with E-state index in [-0.39, 0.29) is 16.6 Å². The molecule has 0 aromatic carbocycles. The molecule has 2 aliphatic rings. The molecule has 2 aliphatic carbocycles. The van der Waals surface area contributed by atoms with E-state index in [4.69, 9.17) is 0 Å². The predicted molar refractivity (Wildman–Crippen MR) is 72.2 cm³/mol. The Bertz CT molecular complexity index is 418. The van der Waals surface area contributed by atoms with Crippen LogP contribution in [0.3, 0.4) is 0 Å². The molecule has 4 heteroatoms. The summed E-state index contributed by atoms with van der Waals surface area (Å²) in [5.74, 6) is 0.329. The van der Waals surface area contributed by atoms with Crippen molar-refractivity contribution in [1.82, 2.24) is 0 Å². The summed E-state index contributed by atoms with van der Waals surface area (Å²) in [5.41, 5.74) is -0.163. The first-order valence-corrected chi connectivity index (χ1v) is 9.01. The van der Waals surface area contributed by atoms with Gasteiger partial charge in [0.1, 0.15) is 15.6 Å². The minimum Gasteiger partial charge on any atom is -0.299 e. The van der Waals surface area contributed by atoms with E-state index in [9.17, 15) is 13.2 Å². The molecule has 0 bridgehead atoms. The molecule has 2 rings (SSSR count). The number of sulfone groups is 1. The lowest BCUT2D eigenvalue weighted by atomic mass is 9.73. The summed E-state index contributed by atoms with van der Waals surface area (Å²) in [6.45, 7) is 2.08. The van der Waals surface area contributed by atoms with Crippen LogP contribution in [0.25, 0.3) is 0 Å². The van der Waals surface area contributed by atoms with Crippen LogP contribution in [-0.2, 0) is 14.6 Å². The van der Waals surface area contributed by atoms with Crippen LogP contribution >= 0.6 is 0 Å². The summed E-state index contributed by atoms with van der Waals surface area (Å²) in [4.78, 5) is 12.6. The summed E-state index contributed by atoms with van der Waals surface area (Å²) >= 11 is 0. The van der Waals surface area contributed by atoms with E-state index < -0.39 is 9.84 Å². The van der Waals surface area contributed by atoms with Gasteiger partial charge in [-0.25, -0.2) is 8.42 Å². The Morgan fingerprint density at radius 1 is 1.11 bits per heavy atom. The number of carbonyl (C=O) groups is 1. The fourth-order valence-corrected chi connectivity index (χ4v) is 4.84. The van der Waals surface area contributed by atoms with E-state index in [0.717, 1.165) is 44.9 Å². The van der Waals surface area contributed by atoms with Crippen molar-refractivity contribution < 1.29 is 13.2 Å². The van der Waals surface area contributed by atoms with Gasteiger partial charge in [0.05, 0.1) is 5.25 Å². The van der Waals surface area contributed by atoms with E-state index in [1.165, 1.54) is 6.26 Å². The molecule has 104 valence electrons. The zero-order chi connectivity index (χ0) is 13.4. The molecular formula is C14H24O3S. The Morgan fingerprint density at radius 3 is 2.28 bits per heavy atom. The first kappa shape index (κ1) is 14.0. The molecule has 2 atom stereocenters. The molecule has 18 heavy (non-hydrogen) atoms. The van der Waals surface area contributed by atoms with Crippen molar-refractivity contribution in [3.05, 3.63) is 0 Å². The number of rotatable bonds is 3. The summed E-state index contributed by atoms with van der Waals surface area (Å²) < 4.78 is 23.3. The number of hydrogen-bond acceptors (Lipinski definition) is 3. The van der Waals surface area contributed by atoms with Gasteiger partial charge in [0.2, 0.25) is 0 Å². The van der Waals surface area contributed by atoms with Crippen LogP contribution in [-0.4, -0.2) is 25.7 Å². The van der Waals surface area contributed by atoms with E-state index in [0.29, 0.717) is 12.2 Å². The van der Waals surface area contributed by atoms with E-state index in [1.807, 2.05) is 0 Å². The third kappa shape index (κ3) is 2.79. The molecule has 0 amide bonds. The lowest BCUT2D eigenvalue weighted by Gasteiger charge is -2.32. The standard InChI is InChI=1S/C14H24O3S/c1-14(8-3-4-9-14)13(15)11-6-5-7-12(10-11)18(2,16)17/h11-12H,3-10H2,1-2H3. The second-order valence-corrected chi connectivity index (χ2v) is 8.77. The maximum absolute atomic E-state index is 12.6. The first-order chi connectivity index (χ1) is 8.33. The minimum atomic E-state index is -2.99. The number of carbonyl (C=O) groups excluding carboxylic acids is 1. The topological polar surface area (TPSA) is 51.2 Å². The zero-order valence-corrected chi connectivity index (χ0v) is 12.3. The lowest BCUT2D eigenvalue weighted by Crippen LogP contribution is -2.37. The molecule has 3 nitrogen and oxygen atoms in total. The predicted octanol–water partition coefficient (Wildman–Crippen LogP) is 2.74. The largest absolute Gasteiger partial charge is 0.299 e. The summed E-state index contributed by atoms with van der Waals surface area (Å²) in [5, 5.41) is -0.287. The fourth-order valence-electron chi connectivity index (χ4n) is 3.67. The van der Waals surface area contributed by atoms with Gasteiger partial charge in [-0.1, -0.05) is 26.2 Å². The molecule has 0 heterocycles. The first-order valence-electron chi connectivity index (χ1n) is 7.06. The van der Waals surface area contributed by atoms with Gasteiger partial charge in [0, 0.05) is 17.6 Å². The summed E-state index contributed by atoms with van der Waals surface area (Å²) in [6, 6.07) is 0. The third-order valence-corrected chi connectivity index (χ3v) is 6.54. The highest BCUT2D eigenvalue weighted by molar-refractivity contribution is 7.91. The minimum absolute atomic E-state index is 0.0124. The number of ketones is 1. The van der Waals surface area contributed by atoms with Gasteiger partial charge in [0.15, 0.2) is 0 Å². The molecule has 0 aromatic rings. The molecule has 0 N–H and O–H groups in total. The maximum Gasteiger partial charge on any atom is 0.150 e. The molecule has 0 aliphatic heterocycles. The van der Waals surface area contributed by atoms with Crippen LogP contribution in [0.15, 0.2) is 0 Å². The van der Waals surface area contributed by atoms with Crippen LogP contribution < -0.4 is 0 Å². The Balaban J connectivity index is 2.07. The number of Topliss-reactive ketones (excluding diaryl/α,β-unsaturated/α-hetero) is 1. The average Bonchev–Trinajstić information content (AvgIpc) is 2.75. The van der Waals surface area contributed by atoms with Crippen molar-refractivity contribution in [2.45, 2.75) is 63.5 Å². The van der Waals surface area contributed by atoms with Gasteiger partial charge in [-0.05, 0) is 32.1 Å². The van der Waals surface area contributed by atoms with E-state index >= 15 is 0 Å². The zero-order valence-electron chi connectivity index (χ0n) is 11.4. The molecule has 2 saturated carbocycles. The van der Waals surface area contributed by atoms with Gasteiger partial charge >= 0.3 is 0 Å². The van der Waals surface area contributed by atoms with E-state index in [1.54, 1.807) is 0 Å². The summed E-state index contributed by atoms with van der Waals surface area (Å²) in [6.07, 6.45) is 8.64. The van der Waals surface area contributed by atoms with Crippen LogP contribution in [0, 0.1) is 11.3 Å². The van der Waals surface area contributed by atoms with E-state index in [2.05, 4.69) is 6.92 Å². The summed E-state index contributed by atoms with van der Waals surface area (Å²) in [7, 11) is -2.99. The Hall–Kier alpha value is -0.380. The molecule has 0 spiro atoms. The van der Waals surface area contributed by atoms with Crippen LogP contribution in [0.2, 0.25) is 0 Å². The molecule has 2 unspecified atom stereocenters. The molecule has 0 saturated heterocycles. The van der Waals surface area contributed by atoms with Crippen LogP contribution in [0.5, 0.6) is 0 Å². The van der Waals surface area contributed by atoms with Crippen molar-refractivity contribution in [3.63, 3.8) is 0 Å². The highest BCUT2D eigenvalue weighted by Gasteiger charge is 2.42. The van der Waals surface area contributed by atoms with Gasteiger partial charge in [-0.3, -0.25) is 4.79 Å². The maximum atomic E-state index is 12.6. The molecule has 2 fully saturated rings. The second kappa shape index (κ2) is 4.95. The van der Waals surface area contributed by atoms with Crippen molar-refractivity contribution in [2.24, 2.45) is 11.3 Å². The van der Waals surface area contributed by atoms with Crippen molar-refractivity contribution >= 4 is 15.6 Å². The normalized spacial score (nSPS) is 32.3. The van der Waals surface area contributed by atoms with Crippen LogP contribution in [0.4, 0.5) is 0 Å². The Kier molecular flexibility index (Phi) is 3.86. The quantitative estimate of drug-likeness (QED) is 0.793. The molecule has 0 aromatic heterocycles. The van der Waals surface area contributed by atoms with Gasteiger partial charge in [-0.15, -0.1) is 0 Å². The van der Waals surface area contributed by atoms with Crippen molar-refractivity contribution in [1.29, 1.82) is 0 Å². The van der Waals surface area contributed by atoms with Gasteiger partial charge < -0.3 is 0 Å². The van der Waals surface area contributed by atoms with Crippen LogP contribution in [0.1, 0.15) is 58.3 Å². The Labute approximate surface area is 110 Å². The molecular weight excluding hydrogens is 248 g/mol. The highest BCUT2D eigenvalue weighted by Crippen LogP contribution is 2.43. The molecule has 0 radical (unpaired) electrons. The smallest absolute Gasteiger partial charge is 0.150 e. The monoisotopic (exact) mass is 272 g/mol. The van der Waals surface area contributed by atoms with Crippen molar-refractivity contribution in [3.8, 4) is 0 Å². The average molecular weight is 272 g/mol. The fraction of sp³-hybridized carbons (Fsp3) is 0.929. The SMILES string of the molecule is CC1(C(=O)C2CCCC(S(C)(=O)=O)C2)CCCC1. The van der Waals surface area contributed by atoms with Crippen molar-refractivity contribution in [2.75, 3.05) is 6.26 Å². The van der Waals surface area contributed by atoms with Gasteiger partial charge in [0.25, 0.3) is 0 Å². The number of hydrogen-bond donors (Lipinski definition) is 0. The third-order valence-electron chi connectivity index (χ3n) is 4.90. The highest BCUT2D eigenvalue weighted by atomic mass is 32.2. The Morgan fingerprint density at radius 2 is 1.72 bits per heavy atom. The van der Waals surface area contributed by atoms with Gasteiger partial charge in [-0.2, -0.15) is 0 Å². The second-order valence-electron chi connectivity index (χ2n) is 6.45.